The van der Waals surface area contributed by atoms with Crippen LogP contribution in [0.15, 0.2) is 67.4 Å². The smallest absolute Gasteiger partial charge is 0.293 e. The summed E-state index contributed by atoms with van der Waals surface area (Å²) < 4.78 is 8.44. The van der Waals surface area contributed by atoms with Crippen LogP contribution in [0.3, 0.4) is 0 Å². The third-order valence-electron chi connectivity index (χ3n) is 3.80. The van der Waals surface area contributed by atoms with Gasteiger partial charge in [0.25, 0.3) is 11.1 Å². The number of amides is 2. The summed E-state index contributed by atoms with van der Waals surface area (Å²) in [6.45, 7) is 4.20. The second kappa shape index (κ2) is 9.43. The first-order valence-electron chi connectivity index (χ1n) is 8.11. The molecule has 1 saturated heterocycles. The fourth-order valence-corrected chi connectivity index (χ4v) is 5.04. The van der Waals surface area contributed by atoms with Gasteiger partial charge < -0.3 is 4.74 Å². The molecule has 1 aliphatic rings. The van der Waals surface area contributed by atoms with Gasteiger partial charge in [-0.1, -0.05) is 34.1 Å². The van der Waals surface area contributed by atoms with Gasteiger partial charge in [-0.2, -0.15) is 0 Å². The van der Waals surface area contributed by atoms with Gasteiger partial charge in [-0.05, 0) is 85.1 Å². The topological polar surface area (TPSA) is 46.6 Å². The van der Waals surface area contributed by atoms with E-state index in [0.29, 0.717) is 17.3 Å². The van der Waals surface area contributed by atoms with Crippen molar-refractivity contribution in [3.05, 3.63) is 78.5 Å². The second-order valence-electron chi connectivity index (χ2n) is 5.81. The number of halogens is 3. The van der Waals surface area contributed by atoms with Crippen molar-refractivity contribution in [3.63, 3.8) is 0 Å². The molecule has 0 N–H and O–H groups in total. The summed E-state index contributed by atoms with van der Waals surface area (Å²) in [5.74, 6) is 0.359. The van der Waals surface area contributed by atoms with Crippen LogP contribution in [0, 0.1) is 0 Å². The largest absolute Gasteiger partial charge is 0.487 e. The van der Waals surface area contributed by atoms with E-state index in [0.717, 1.165) is 36.3 Å². The number of rotatable bonds is 6. The Morgan fingerprint density at radius 3 is 2.32 bits per heavy atom. The molecule has 1 heterocycles. The molecule has 4 nitrogen and oxygen atoms in total. The molecule has 0 aliphatic carbocycles. The van der Waals surface area contributed by atoms with Crippen LogP contribution in [-0.2, 0) is 11.4 Å². The Kier molecular flexibility index (Phi) is 7.20. The molecular formula is C20H14Br3NO3S. The summed E-state index contributed by atoms with van der Waals surface area (Å²) in [7, 11) is 0. The minimum absolute atomic E-state index is 0.207. The van der Waals surface area contributed by atoms with Gasteiger partial charge in [0, 0.05) is 11.0 Å². The van der Waals surface area contributed by atoms with Crippen LogP contribution in [0.1, 0.15) is 11.1 Å². The van der Waals surface area contributed by atoms with Crippen molar-refractivity contribution in [3.8, 4) is 5.75 Å². The Morgan fingerprint density at radius 2 is 1.71 bits per heavy atom. The van der Waals surface area contributed by atoms with E-state index in [1.54, 1.807) is 6.08 Å². The standard InChI is InChI=1S/C20H14Br3NO3S/c1-2-7-24-19(25)17(28-20(24)26)10-13-8-15(22)18(16(23)9-13)27-11-12-3-5-14(21)6-4-12/h2-6,8-10H,1,7,11H2/b17-10+. The minimum Gasteiger partial charge on any atom is -0.487 e. The number of hydrogen-bond donors (Lipinski definition) is 0. The van der Waals surface area contributed by atoms with Crippen molar-refractivity contribution in [1.82, 2.24) is 4.90 Å². The molecule has 28 heavy (non-hydrogen) atoms. The maximum atomic E-state index is 12.3. The van der Waals surface area contributed by atoms with Gasteiger partial charge in [0.05, 0.1) is 13.9 Å². The average Bonchev–Trinajstić information content (AvgIpc) is 2.90. The number of ether oxygens (including phenoxy) is 1. The molecule has 0 bridgehead atoms. The first kappa shape index (κ1) is 21.4. The number of carbonyl (C=O) groups excluding carboxylic acids is 2. The zero-order chi connectivity index (χ0) is 20.3. The minimum atomic E-state index is -0.308. The number of carbonyl (C=O) groups is 2. The first-order chi connectivity index (χ1) is 13.4. The molecule has 1 fully saturated rings. The van der Waals surface area contributed by atoms with Crippen LogP contribution in [-0.4, -0.2) is 22.6 Å². The molecule has 0 saturated carbocycles. The van der Waals surface area contributed by atoms with Crippen LogP contribution in [0.2, 0.25) is 0 Å². The number of thioether (sulfide) groups is 1. The van der Waals surface area contributed by atoms with Gasteiger partial charge in [0.1, 0.15) is 12.4 Å². The second-order valence-corrected chi connectivity index (χ2v) is 9.43. The highest BCUT2D eigenvalue weighted by Crippen LogP contribution is 2.38. The van der Waals surface area contributed by atoms with Crippen molar-refractivity contribution in [1.29, 1.82) is 0 Å². The lowest BCUT2D eigenvalue weighted by Crippen LogP contribution is -2.27. The van der Waals surface area contributed by atoms with E-state index in [4.69, 9.17) is 4.74 Å². The van der Waals surface area contributed by atoms with Crippen molar-refractivity contribution in [2.75, 3.05) is 6.54 Å². The molecule has 0 aromatic heterocycles. The van der Waals surface area contributed by atoms with E-state index in [-0.39, 0.29) is 17.7 Å². The zero-order valence-corrected chi connectivity index (χ0v) is 20.0. The lowest BCUT2D eigenvalue weighted by atomic mass is 10.2. The van der Waals surface area contributed by atoms with Crippen LogP contribution in [0.5, 0.6) is 5.75 Å². The van der Waals surface area contributed by atoms with Crippen LogP contribution in [0.4, 0.5) is 4.79 Å². The van der Waals surface area contributed by atoms with Crippen molar-refractivity contribution in [2.24, 2.45) is 0 Å². The Morgan fingerprint density at radius 1 is 1.07 bits per heavy atom. The van der Waals surface area contributed by atoms with Gasteiger partial charge in [0.15, 0.2) is 0 Å². The summed E-state index contributed by atoms with van der Waals surface area (Å²) in [4.78, 5) is 25.8. The van der Waals surface area contributed by atoms with E-state index in [1.807, 2.05) is 36.4 Å². The van der Waals surface area contributed by atoms with E-state index >= 15 is 0 Å². The van der Waals surface area contributed by atoms with E-state index in [1.165, 1.54) is 11.0 Å². The van der Waals surface area contributed by atoms with Crippen LogP contribution in [0.25, 0.3) is 6.08 Å². The molecule has 2 amide bonds. The normalized spacial score (nSPS) is 15.4. The van der Waals surface area contributed by atoms with Gasteiger partial charge in [-0.25, -0.2) is 0 Å². The van der Waals surface area contributed by atoms with Gasteiger partial charge in [0.2, 0.25) is 0 Å². The molecular weight excluding hydrogens is 574 g/mol. The lowest BCUT2D eigenvalue weighted by Gasteiger charge is -2.12. The summed E-state index contributed by atoms with van der Waals surface area (Å²) in [5.41, 5.74) is 1.82. The molecule has 0 atom stereocenters. The van der Waals surface area contributed by atoms with Crippen LogP contribution < -0.4 is 4.74 Å². The predicted octanol–water partition coefficient (Wildman–Crippen LogP) is 6.78. The Hall–Kier alpha value is -1.35. The number of benzene rings is 2. The molecule has 144 valence electrons. The first-order valence-corrected chi connectivity index (χ1v) is 11.3. The maximum absolute atomic E-state index is 12.3. The molecule has 0 unspecified atom stereocenters. The zero-order valence-electron chi connectivity index (χ0n) is 14.5. The highest BCUT2D eigenvalue weighted by atomic mass is 79.9. The Balaban J connectivity index is 1.78. The highest BCUT2D eigenvalue weighted by molar-refractivity contribution is 9.11. The van der Waals surface area contributed by atoms with Gasteiger partial charge in [-0.3, -0.25) is 14.5 Å². The third-order valence-corrected chi connectivity index (χ3v) is 6.41. The average molecular weight is 588 g/mol. The fraction of sp³-hybridized carbons (Fsp3) is 0.100. The molecule has 0 radical (unpaired) electrons. The van der Waals surface area contributed by atoms with Crippen molar-refractivity contribution in [2.45, 2.75) is 6.61 Å². The van der Waals surface area contributed by atoms with E-state index in [2.05, 4.69) is 54.4 Å². The Bertz CT molecular complexity index is 950. The predicted molar refractivity (Wildman–Crippen MR) is 123 cm³/mol. The lowest BCUT2D eigenvalue weighted by molar-refractivity contribution is -0.122. The Labute approximate surface area is 192 Å². The van der Waals surface area contributed by atoms with E-state index < -0.39 is 0 Å². The molecule has 2 aromatic rings. The van der Waals surface area contributed by atoms with Gasteiger partial charge in [-0.15, -0.1) is 6.58 Å². The summed E-state index contributed by atoms with van der Waals surface area (Å²) in [5, 5.41) is -0.288. The highest BCUT2D eigenvalue weighted by Gasteiger charge is 2.34. The van der Waals surface area contributed by atoms with Crippen LogP contribution >= 0.6 is 59.6 Å². The molecule has 3 rings (SSSR count). The SMILES string of the molecule is C=CCN1C(=O)S/C(=C/c2cc(Br)c(OCc3ccc(Br)cc3)c(Br)c2)C1=O. The quantitative estimate of drug-likeness (QED) is 0.276. The van der Waals surface area contributed by atoms with Crippen molar-refractivity contribution < 1.29 is 14.3 Å². The fourth-order valence-electron chi connectivity index (χ4n) is 2.47. The number of imide groups is 1. The molecule has 2 aromatic carbocycles. The number of hydrogen-bond acceptors (Lipinski definition) is 4. The van der Waals surface area contributed by atoms with E-state index in [9.17, 15) is 9.59 Å². The molecule has 8 heteroatoms. The summed E-state index contributed by atoms with van der Waals surface area (Å²) in [6.07, 6.45) is 3.23. The van der Waals surface area contributed by atoms with Crippen molar-refractivity contribution >= 4 is 76.8 Å². The third kappa shape index (κ3) is 4.97. The van der Waals surface area contributed by atoms with Gasteiger partial charge >= 0.3 is 0 Å². The monoisotopic (exact) mass is 585 g/mol. The maximum Gasteiger partial charge on any atom is 0.293 e. The molecule has 0 spiro atoms. The molecule has 1 aliphatic heterocycles. The number of nitrogens with zero attached hydrogens (tertiary/aromatic N) is 1. The summed E-state index contributed by atoms with van der Waals surface area (Å²) >= 11 is 11.4. The summed E-state index contributed by atoms with van der Waals surface area (Å²) in [6, 6.07) is 11.6.